The van der Waals surface area contributed by atoms with Crippen molar-refractivity contribution in [3.05, 3.63) is 194 Å². The lowest BCUT2D eigenvalue weighted by Gasteiger charge is -2.21. The minimum atomic E-state index is 0.904. The lowest BCUT2D eigenvalue weighted by atomic mass is 9.82. The third-order valence-corrected chi connectivity index (χ3v) is 11.1. The predicted molar refractivity (Wildman–Crippen MR) is 225 cm³/mol. The van der Waals surface area contributed by atoms with Gasteiger partial charge in [-0.25, -0.2) is 0 Å². The minimum absolute atomic E-state index is 0.904. The van der Waals surface area contributed by atoms with Gasteiger partial charge in [0.15, 0.2) is 0 Å². The van der Waals surface area contributed by atoms with Gasteiger partial charge in [-0.1, -0.05) is 176 Å². The number of hydrogen-bond acceptors (Lipinski definition) is 1. The third kappa shape index (κ3) is 4.64. The maximum absolute atomic E-state index is 6.27. The fraction of sp³-hybridized carbons (Fsp3) is 0. The SMILES string of the molecule is c1ccc2c(-c3ccc(-c4c5ccccc5c(-c5cccc6ccccc56)c5cccc(-c6ccc7oc8ccccc8c7c6)c45)cc3)cccc2c1. The standard InChI is InChI=1S/C52H32O/c1-3-16-38-33(12-1)14-9-21-39(38)35-26-28-36(29-27-35)50-44-19-5-6-20-45(44)51(43-23-10-15-34-13-2-4-17-40(34)43)46-24-11-22-41(52(46)50)37-30-31-49-47(32-37)42-18-7-8-25-48(42)53-49/h1-32H. The highest BCUT2D eigenvalue weighted by molar-refractivity contribution is 6.26. The van der Waals surface area contributed by atoms with Gasteiger partial charge in [0, 0.05) is 10.8 Å². The second kappa shape index (κ2) is 11.8. The zero-order valence-corrected chi connectivity index (χ0v) is 28.9. The number of para-hydroxylation sites is 1. The summed E-state index contributed by atoms with van der Waals surface area (Å²) in [7, 11) is 0. The van der Waals surface area contributed by atoms with Crippen molar-refractivity contribution in [2.24, 2.45) is 0 Å². The average Bonchev–Trinajstić information content (AvgIpc) is 3.60. The fourth-order valence-electron chi connectivity index (χ4n) is 8.69. The summed E-state index contributed by atoms with van der Waals surface area (Å²) < 4.78 is 6.27. The Balaban J connectivity index is 1.24. The Morgan fingerprint density at radius 3 is 1.51 bits per heavy atom. The van der Waals surface area contributed by atoms with Crippen molar-refractivity contribution >= 4 is 65.0 Å². The van der Waals surface area contributed by atoms with E-state index in [-0.39, 0.29) is 0 Å². The molecule has 0 aliphatic carbocycles. The van der Waals surface area contributed by atoms with Gasteiger partial charge in [0.25, 0.3) is 0 Å². The molecule has 10 aromatic carbocycles. The second-order valence-corrected chi connectivity index (χ2v) is 14.0. The molecule has 0 amide bonds. The molecule has 53 heavy (non-hydrogen) atoms. The molecule has 0 saturated carbocycles. The quantitative estimate of drug-likeness (QED) is 0.170. The van der Waals surface area contributed by atoms with E-state index in [4.69, 9.17) is 4.42 Å². The summed E-state index contributed by atoms with van der Waals surface area (Å²) in [5.74, 6) is 0. The van der Waals surface area contributed by atoms with Gasteiger partial charge in [-0.15, -0.1) is 0 Å². The molecule has 1 heterocycles. The van der Waals surface area contributed by atoms with Crippen molar-refractivity contribution in [2.75, 3.05) is 0 Å². The highest BCUT2D eigenvalue weighted by atomic mass is 16.3. The summed E-state index contributed by atoms with van der Waals surface area (Å²) in [6.45, 7) is 0. The first kappa shape index (κ1) is 29.7. The largest absolute Gasteiger partial charge is 0.456 e. The van der Waals surface area contributed by atoms with Crippen LogP contribution in [0.1, 0.15) is 0 Å². The summed E-state index contributed by atoms with van der Waals surface area (Å²) in [4.78, 5) is 0. The molecule has 0 saturated heterocycles. The van der Waals surface area contributed by atoms with Crippen molar-refractivity contribution in [1.82, 2.24) is 0 Å². The van der Waals surface area contributed by atoms with Crippen molar-refractivity contribution in [3.8, 4) is 44.5 Å². The molecule has 0 unspecified atom stereocenters. The molecule has 1 heteroatoms. The topological polar surface area (TPSA) is 13.1 Å². The maximum atomic E-state index is 6.27. The van der Waals surface area contributed by atoms with Crippen LogP contribution in [0.15, 0.2) is 199 Å². The monoisotopic (exact) mass is 672 g/mol. The molecule has 11 rings (SSSR count). The Kier molecular flexibility index (Phi) is 6.62. The molecule has 0 spiro atoms. The van der Waals surface area contributed by atoms with E-state index in [1.54, 1.807) is 0 Å². The fourth-order valence-corrected chi connectivity index (χ4v) is 8.69. The Morgan fingerprint density at radius 2 is 0.755 bits per heavy atom. The molecule has 0 radical (unpaired) electrons. The van der Waals surface area contributed by atoms with Crippen LogP contribution in [0.4, 0.5) is 0 Å². The molecule has 0 bridgehead atoms. The van der Waals surface area contributed by atoms with Crippen molar-refractivity contribution in [2.45, 2.75) is 0 Å². The van der Waals surface area contributed by atoms with E-state index in [1.807, 2.05) is 6.07 Å². The molecule has 0 aliphatic heterocycles. The number of furan rings is 1. The number of rotatable bonds is 4. The van der Waals surface area contributed by atoms with Gasteiger partial charge in [-0.3, -0.25) is 0 Å². The van der Waals surface area contributed by atoms with Crippen LogP contribution < -0.4 is 0 Å². The molecule has 1 nitrogen and oxygen atoms in total. The van der Waals surface area contributed by atoms with Crippen LogP contribution in [0.3, 0.4) is 0 Å². The maximum Gasteiger partial charge on any atom is 0.135 e. The zero-order chi connectivity index (χ0) is 34.9. The highest BCUT2D eigenvalue weighted by Gasteiger charge is 2.21. The lowest BCUT2D eigenvalue weighted by Crippen LogP contribution is -1.94. The highest BCUT2D eigenvalue weighted by Crippen LogP contribution is 2.49. The van der Waals surface area contributed by atoms with Crippen LogP contribution in [0.25, 0.3) is 110 Å². The first-order chi connectivity index (χ1) is 26.3. The molecule has 0 atom stereocenters. The second-order valence-electron chi connectivity index (χ2n) is 14.0. The molecule has 11 aromatic rings. The van der Waals surface area contributed by atoms with E-state index in [2.05, 4.69) is 188 Å². The van der Waals surface area contributed by atoms with E-state index >= 15 is 0 Å². The van der Waals surface area contributed by atoms with Gasteiger partial charge in [0.05, 0.1) is 0 Å². The summed E-state index contributed by atoms with van der Waals surface area (Å²) >= 11 is 0. The Labute approximate surface area is 307 Å². The Morgan fingerprint density at radius 1 is 0.264 bits per heavy atom. The van der Waals surface area contributed by atoms with Crippen molar-refractivity contribution < 1.29 is 4.42 Å². The van der Waals surface area contributed by atoms with Crippen LogP contribution in [-0.2, 0) is 0 Å². The van der Waals surface area contributed by atoms with E-state index in [0.29, 0.717) is 0 Å². The first-order valence-corrected chi connectivity index (χ1v) is 18.3. The van der Waals surface area contributed by atoms with Gasteiger partial charge in [0.2, 0.25) is 0 Å². The summed E-state index contributed by atoms with van der Waals surface area (Å²) in [6, 6.07) is 70.7. The third-order valence-electron chi connectivity index (χ3n) is 11.1. The minimum Gasteiger partial charge on any atom is -0.456 e. The summed E-state index contributed by atoms with van der Waals surface area (Å²) in [6.07, 6.45) is 0. The molecule has 0 N–H and O–H groups in total. The van der Waals surface area contributed by atoms with Crippen molar-refractivity contribution in [1.29, 1.82) is 0 Å². The molecular weight excluding hydrogens is 641 g/mol. The predicted octanol–water partition coefficient (Wildman–Crippen LogP) is 14.9. The number of hydrogen-bond donors (Lipinski definition) is 0. The van der Waals surface area contributed by atoms with Crippen molar-refractivity contribution in [3.63, 3.8) is 0 Å². The van der Waals surface area contributed by atoms with Crippen LogP contribution in [-0.4, -0.2) is 0 Å². The van der Waals surface area contributed by atoms with E-state index < -0.39 is 0 Å². The van der Waals surface area contributed by atoms with Gasteiger partial charge in [-0.05, 0) is 106 Å². The normalized spacial score (nSPS) is 11.8. The van der Waals surface area contributed by atoms with Gasteiger partial charge in [0.1, 0.15) is 11.2 Å². The number of benzene rings is 10. The van der Waals surface area contributed by atoms with Gasteiger partial charge < -0.3 is 4.42 Å². The Hall–Kier alpha value is -6.96. The molecule has 0 aliphatic rings. The molecular formula is C52H32O. The average molecular weight is 673 g/mol. The van der Waals surface area contributed by atoms with Crippen LogP contribution in [0, 0.1) is 0 Å². The lowest BCUT2D eigenvalue weighted by molar-refractivity contribution is 0.669. The van der Waals surface area contributed by atoms with E-state index in [0.717, 1.165) is 21.9 Å². The van der Waals surface area contributed by atoms with E-state index in [1.165, 1.54) is 87.6 Å². The summed E-state index contributed by atoms with van der Waals surface area (Å²) in [5, 5.41) is 12.3. The first-order valence-electron chi connectivity index (χ1n) is 18.3. The molecule has 1 aromatic heterocycles. The van der Waals surface area contributed by atoms with Crippen LogP contribution >= 0.6 is 0 Å². The van der Waals surface area contributed by atoms with Crippen LogP contribution in [0.2, 0.25) is 0 Å². The smallest absolute Gasteiger partial charge is 0.135 e. The number of fused-ring (bicyclic) bond motifs is 7. The molecule has 246 valence electrons. The van der Waals surface area contributed by atoms with Gasteiger partial charge >= 0.3 is 0 Å². The van der Waals surface area contributed by atoms with Gasteiger partial charge in [-0.2, -0.15) is 0 Å². The summed E-state index contributed by atoms with van der Waals surface area (Å²) in [5.41, 5.74) is 11.6. The van der Waals surface area contributed by atoms with E-state index in [9.17, 15) is 0 Å². The zero-order valence-electron chi connectivity index (χ0n) is 28.9. The van der Waals surface area contributed by atoms with Crippen LogP contribution in [0.5, 0.6) is 0 Å². The molecule has 0 fully saturated rings. The Bertz CT molecular complexity index is 3210.